The lowest BCUT2D eigenvalue weighted by molar-refractivity contribution is -0.00000399. The van der Waals surface area contributed by atoms with Gasteiger partial charge in [-0.3, -0.25) is 0 Å². The van der Waals surface area contributed by atoms with E-state index in [1.54, 1.807) is 77.0 Å². The molecular weight excluding hydrogens is 375 g/mol. The second kappa shape index (κ2) is 9.27. The van der Waals surface area contributed by atoms with E-state index < -0.39 is 0 Å². The normalized spacial score (nSPS) is 27.4. The zero-order chi connectivity index (χ0) is 12.9. The molecule has 0 spiro atoms. The molecule has 3 aliphatic rings. The van der Waals surface area contributed by atoms with Gasteiger partial charge < -0.3 is 24.0 Å². The van der Waals surface area contributed by atoms with Crippen molar-refractivity contribution in [1.29, 1.82) is 0 Å². The van der Waals surface area contributed by atoms with E-state index in [1.165, 1.54) is 19.3 Å². The van der Waals surface area contributed by atoms with Gasteiger partial charge in [0, 0.05) is 0 Å². The number of rotatable bonds is 3. The summed E-state index contributed by atoms with van der Waals surface area (Å²) in [6, 6.07) is 0. The zero-order valence-corrected chi connectivity index (χ0v) is 16.1. The van der Waals surface area contributed by atoms with E-state index in [1.807, 2.05) is 0 Å². The van der Waals surface area contributed by atoms with Crippen molar-refractivity contribution < 1.29 is 24.0 Å². The molecule has 20 heavy (non-hydrogen) atoms. The van der Waals surface area contributed by atoms with Crippen LogP contribution in [0.1, 0.15) is 96.3 Å². The number of halogens is 1. The summed E-state index contributed by atoms with van der Waals surface area (Å²) in [6.07, 6.45) is 23.4. The Bertz CT molecular complexity index is 207. The Morgan fingerprint density at radius 1 is 0.400 bits per heavy atom. The summed E-state index contributed by atoms with van der Waals surface area (Å²) < 4.78 is 0. The lowest BCUT2D eigenvalue weighted by atomic mass is 9.99. The molecule has 0 heterocycles. The first kappa shape index (κ1) is 17.4. The third-order valence-corrected chi connectivity index (χ3v) is 9.53. The molecular formula is C18H33IS. The molecule has 0 aliphatic heterocycles. The van der Waals surface area contributed by atoms with Crippen molar-refractivity contribution in [3.63, 3.8) is 0 Å². The summed E-state index contributed by atoms with van der Waals surface area (Å²) in [5.41, 5.74) is 0. The summed E-state index contributed by atoms with van der Waals surface area (Å²) >= 11 is 0. The van der Waals surface area contributed by atoms with Crippen molar-refractivity contribution in [1.82, 2.24) is 0 Å². The first-order chi connectivity index (χ1) is 9.45. The minimum absolute atomic E-state index is 0. The molecule has 118 valence electrons. The standard InChI is InChI=1S/C18H33S.HI/c1-4-10-16(11-5-1)19(17-12-6-2-7-13-17)18-14-8-3-9-15-18;/h16-18H,1-15H2;1H/q+1;/p-1. The highest BCUT2D eigenvalue weighted by atomic mass is 127. The Hall–Kier alpha value is 1.08. The van der Waals surface area contributed by atoms with Crippen molar-refractivity contribution in [2.75, 3.05) is 0 Å². The van der Waals surface area contributed by atoms with E-state index in [0.717, 1.165) is 26.6 Å². The molecule has 3 rings (SSSR count). The smallest absolute Gasteiger partial charge is 0.118 e. The maximum atomic E-state index is 1.59. The van der Waals surface area contributed by atoms with E-state index >= 15 is 0 Å². The Balaban J connectivity index is 0.00000147. The van der Waals surface area contributed by atoms with E-state index in [9.17, 15) is 0 Å². The monoisotopic (exact) mass is 408 g/mol. The molecule has 0 bridgehead atoms. The fraction of sp³-hybridized carbons (Fsp3) is 1.00. The second-order valence-electron chi connectivity index (χ2n) is 7.19. The number of hydrogen-bond acceptors (Lipinski definition) is 0. The fourth-order valence-corrected chi connectivity index (χ4v) is 9.09. The highest BCUT2D eigenvalue weighted by Crippen LogP contribution is 2.40. The highest BCUT2D eigenvalue weighted by Gasteiger charge is 2.45. The third kappa shape index (κ3) is 4.54. The molecule has 3 fully saturated rings. The van der Waals surface area contributed by atoms with Crippen molar-refractivity contribution >= 4 is 10.9 Å². The predicted molar refractivity (Wildman–Crippen MR) is 88.0 cm³/mol. The zero-order valence-electron chi connectivity index (χ0n) is 13.1. The summed E-state index contributed by atoms with van der Waals surface area (Å²) in [6.45, 7) is 0. The molecule has 0 N–H and O–H groups in total. The van der Waals surface area contributed by atoms with Crippen LogP contribution in [-0.4, -0.2) is 15.7 Å². The molecule has 0 aromatic heterocycles. The maximum absolute atomic E-state index is 1.59. The first-order valence-corrected chi connectivity index (χ1v) is 10.6. The summed E-state index contributed by atoms with van der Waals surface area (Å²) in [5.74, 6) is 0. The highest BCUT2D eigenvalue weighted by molar-refractivity contribution is 7.98. The minimum atomic E-state index is 0. The number of hydrogen-bond donors (Lipinski definition) is 0. The maximum Gasteiger partial charge on any atom is 0.118 e. The molecule has 0 unspecified atom stereocenters. The van der Waals surface area contributed by atoms with Crippen LogP contribution in [0.25, 0.3) is 0 Å². The first-order valence-electron chi connectivity index (χ1n) is 9.16. The quantitative estimate of drug-likeness (QED) is 0.498. The van der Waals surface area contributed by atoms with Crippen molar-refractivity contribution in [2.45, 2.75) is 112 Å². The topological polar surface area (TPSA) is 0 Å². The van der Waals surface area contributed by atoms with Crippen LogP contribution in [0.4, 0.5) is 0 Å². The average molecular weight is 408 g/mol. The van der Waals surface area contributed by atoms with Crippen molar-refractivity contribution in [2.24, 2.45) is 0 Å². The van der Waals surface area contributed by atoms with Gasteiger partial charge in [-0.2, -0.15) is 0 Å². The predicted octanol–water partition coefficient (Wildman–Crippen LogP) is 2.61. The molecule has 3 aliphatic carbocycles. The second-order valence-corrected chi connectivity index (χ2v) is 10.0. The van der Waals surface area contributed by atoms with Crippen LogP contribution in [0.5, 0.6) is 0 Å². The van der Waals surface area contributed by atoms with Crippen molar-refractivity contribution in [3.8, 4) is 0 Å². The Kier molecular flexibility index (Phi) is 8.08. The minimum Gasteiger partial charge on any atom is -1.00 e. The van der Waals surface area contributed by atoms with Gasteiger partial charge in [0.05, 0.1) is 0 Å². The van der Waals surface area contributed by atoms with E-state index in [2.05, 4.69) is 0 Å². The molecule has 0 radical (unpaired) electrons. The molecule has 2 heteroatoms. The van der Waals surface area contributed by atoms with Gasteiger partial charge in [0.2, 0.25) is 0 Å². The average Bonchev–Trinajstić information content (AvgIpc) is 2.51. The van der Waals surface area contributed by atoms with Crippen LogP contribution in [0.15, 0.2) is 0 Å². The van der Waals surface area contributed by atoms with Crippen LogP contribution in [-0.2, 0) is 10.9 Å². The lowest BCUT2D eigenvalue weighted by Gasteiger charge is -2.36. The SMILES string of the molecule is C1CCC([S+](C2CCCCC2)C2CCCCC2)CC1.[I-]. The molecule has 0 aromatic rings. The van der Waals surface area contributed by atoms with Gasteiger partial charge >= 0.3 is 0 Å². The fourth-order valence-electron chi connectivity index (χ4n) is 4.83. The Labute approximate surface area is 146 Å². The Morgan fingerprint density at radius 3 is 0.900 bits per heavy atom. The van der Waals surface area contributed by atoms with E-state index in [4.69, 9.17) is 0 Å². The largest absolute Gasteiger partial charge is 1.00 e. The van der Waals surface area contributed by atoms with Gasteiger partial charge in [0.1, 0.15) is 15.7 Å². The molecule has 3 saturated carbocycles. The van der Waals surface area contributed by atoms with Gasteiger partial charge in [0.15, 0.2) is 0 Å². The van der Waals surface area contributed by atoms with Gasteiger partial charge in [-0.15, -0.1) is 0 Å². The molecule has 0 atom stereocenters. The van der Waals surface area contributed by atoms with Gasteiger partial charge in [0.25, 0.3) is 0 Å². The third-order valence-electron chi connectivity index (χ3n) is 5.81. The lowest BCUT2D eigenvalue weighted by Crippen LogP contribution is -3.00. The molecule has 0 aromatic carbocycles. The van der Waals surface area contributed by atoms with Crippen LogP contribution < -0.4 is 24.0 Å². The van der Waals surface area contributed by atoms with E-state index in [-0.39, 0.29) is 24.0 Å². The van der Waals surface area contributed by atoms with Gasteiger partial charge in [-0.05, 0) is 87.9 Å². The molecule has 0 saturated heterocycles. The summed E-state index contributed by atoms with van der Waals surface area (Å²) in [5, 5.41) is 3.46. The van der Waals surface area contributed by atoms with Crippen LogP contribution >= 0.6 is 0 Å². The van der Waals surface area contributed by atoms with Crippen LogP contribution in [0.2, 0.25) is 0 Å². The van der Waals surface area contributed by atoms with Crippen molar-refractivity contribution in [3.05, 3.63) is 0 Å². The summed E-state index contributed by atoms with van der Waals surface area (Å²) in [7, 11) is 0.816. The van der Waals surface area contributed by atoms with E-state index in [0.29, 0.717) is 0 Å². The van der Waals surface area contributed by atoms with Gasteiger partial charge in [-0.25, -0.2) is 0 Å². The van der Waals surface area contributed by atoms with Gasteiger partial charge in [-0.1, -0.05) is 19.3 Å². The Morgan fingerprint density at radius 2 is 0.650 bits per heavy atom. The molecule has 0 amide bonds. The van der Waals surface area contributed by atoms with Crippen LogP contribution in [0, 0.1) is 0 Å². The summed E-state index contributed by atoms with van der Waals surface area (Å²) in [4.78, 5) is 0. The molecule has 0 nitrogen and oxygen atoms in total. The van der Waals surface area contributed by atoms with Crippen LogP contribution in [0.3, 0.4) is 0 Å².